The molecule has 19 heavy (non-hydrogen) atoms. The van der Waals surface area contributed by atoms with Crippen molar-refractivity contribution >= 4 is 5.97 Å². The number of aromatic carboxylic acids is 1. The van der Waals surface area contributed by atoms with Gasteiger partial charge in [0.15, 0.2) is 0 Å². The van der Waals surface area contributed by atoms with Gasteiger partial charge in [0, 0.05) is 25.3 Å². The van der Waals surface area contributed by atoms with E-state index in [0.717, 1.165) is 25.3 Å². The number of hydrogen-bond donors (Lipinski definition) is 1. The fourth-order valence-corrected chi connectivity index (χ4v) is 2.58. The highest BCUT2D eigenvalue weighted by Gasteiger charge is 2.25. The summed E-state index contributed by atoms with van der Waals surface area (Å²) >= 11 is 0. The summed E-state index contributed by atoms with van der Waals surface area (Å²) in [5.41, 5.74) is 1.19. The van der Waals surface area contributed by atoms with Crippen molar-refractivity contribution in [3.05, 3.63) is 29.6 Å². The normalized spacial score (nSPS) is 20.1. The van der Waals surface area contributed by atoms with Gasteiger partial charge in [0.05, 0.1) is 11.3 Å². The number of aromatic nitrogens is 1. The van der Waals surface area contributed by atoms with Crippen LogP contribution in [0.25, 0.3) is 0 Å². The molecular formula is C14H21N3O2. The van der Waals surface area contributed by atoms with Crippen LogP contribution in [0.1, 0.15) is 28.9 Å². The van der Waals surface area contributed by atoms with Gasteiger partial charge >= 0.3 is 5.97 Å². The number of pyridine rings is 1. The standard InChI is InChI=1S/C14H21N3O2/c1-16(2)10-13-4-3-7-17(13)9-12-6-5-11(8-15-12)14(18)19/h5-6,8,13H,3-4,7,9-10H2,1-2H3,(H,18,19). The number of likely N-dealkylation sites (N-methyl/N-ethyl adjacent to an activating group) is 1. The van der Waals surface area contributed by atoms with Crippen LogP contribution in [0.15, 0.2) is 18.3 Å². The summed E-state index contributed by atoms with van der Waals surface area (Å²) < 4.78 is 0. The lowest BCUT2D eigenvalue weighted by Gasteiger charge is -2.26. The van der Waals surface area contributed by atoms with Crippen molar-refractivity contribution in [2.24, 2.45) is 0 Å². The molecule has 0 radical (unpaired) electrons. The first kappa shape index (κ1) is 14.0. The molecular weight excluding hydrogens is 242 g/mol. The highest BCUT2D eigenvalue weighted by Crippen LogP contribution is 2.19. The Morgan fingerprint density at radius 3 is 2.89 bits per heavy atom. The highest BCUT2D eigenvalue weighted by atomic mass is 16.4. The van der Waals surface area contributed by atoms with E-state index in [4.69, 9.17) is 5.11 Å². The molecule has 1 N–H and O–H groups in total. The highest BCUT2D eigenvalue weighted by molar-refractivity contribution is 5.87. The minimum atomic E-state index is -0.925. The smallest absolute Gasteiger partial charge is 0.337 e. The molecule has 2 rings (SSSR count). The van der Waals surface area contributed by atoms with E-state index in [2.05, 4.69) is 28.9 Å². The second-order valence-corrected chi connectivity index (χ2v) is 5.37. The second kappa shape index (κ2) is 6.12. The topological polar surface area (TPSA) is 56.7 Å². The fraction of sp³-hybridized carbons (Fsp3) is 0.571. The number of hydrogen-bond acceptors (Lipinski definition) is 4. The molecule has 0 aromatic carbocycles. The third-order valence-electron chi connectivity index (χ3n) is 3.51. The van der Waals surface area contributed by atoms with Crippen LogP contribution in [-0.4, -0.2) is 59.1 Å². The van der Waals surface area contributed by atoms with E-state index in [-0.39, 0.29) is 5.56 Å². The summed E-state index contributed by atoms with van der Waals surface area (Å²) in [5.74, 6) is -0.925. The van der Waals surface area contributed by atoms with Gasteiger partial charge in [0.2, 0.25) is 0 Å². The van der Waals surface area contributed by atoms with Crippen LogP contribution in [0.5, 0.6) is 0 Å². The van der Waals surface area contributed by atoms with Gasteiger partial charge in [-0.2, -0.15) is 0 Å². The molecule has 1 fully saturated rings. The summed E-state index contributed by atoms with van der Waals surface area (Å²) in [5, 5.41) is 8.85. The maximum absolute atomic E-state index is 10.8. The third kappa shape index (κ3) is 3.75. The first-order chi connectivity index (χ1) is 9.06. The Morgan fingerprint density at radius 1 is 1.53 bits per heavy atom. The van der Waals surface area contributed by atoms with E-state index in [9.17, 15) is 4.79 Å². The molecule has 1 aliphatic heterocycles. The molecule has 5 nitrogen and oxygen atoms in total. The quantitative estimate of drug-likeness (QED) is 0.868. The molecule has 0 amide bonds. The van der Waals surface area contributed by atoms with Crippen molar-refractivity contribution in [1.82, 2.24) is 14.8 Å². The predicted molar refractivity (Wildman–Crippen MR) is 73.2 cm³/mol. The molecule has 1 atom stereocenters. The van der Waals surface area contributed by atoms with Gasteiger partial charge in [-0.3, -0.25) is 9.88 Å². The molecule has 0 saturated carbocycles. The van der Waals surface area contributed by atoms with Gasteiger partial charge in [-0.05, 0) is 45.6 Å². The molecule has 1 aromatic rings. The van der Waals surface area contributed by atoms with E-state index in [1.807, 2.05) is 6.07 Å². The molecule has 0 spiro atoms. The third-order valence-corrected chi connectivity index (χ3v) is 3.51. The summed E-state index contributed by atoms with van der Waals surface area (Å²) in [6, 6.07) is 4.02. The van der Waals surface area contributed by atoms with Gasteiger partial charge < -0.3 is 10.0 Å². The van der Waals surface area contributed by atoms with Crippen molar-refractivity contribution in [3.63, 3.8) is 0 Å². The minimum Gasteiger partial charge on any atom is -0.478 e. The lowest BCUT2D eigenvalue weighted by molar-refractivity contribution is 0.0696. The van der Waals surface area contributed by atoms with Crippen molar-refractivity contribution in [2.75, 3.05) is 27.2 Å². The fourth-order valence-electron chi connectivity index (χ4n) is 2.58. The van der Waals surface area contributed by atoms with Gasteiger partial charge in [-0.1, -0.05) is 0 Å². The van der Waals surface area contributed by atoms with E-state index in [0.29, 0.717) is 6.04 Å². The van der Waals surface area contributed by atoms with Crippen LogP contribution in [0.4, 0.5) is 0 Å². The van der Waals surface area contributed by atoms with Gasteiger partial charge in [-0.15, -0.1) is 0 Å². The van der Waals surface area contributed by atoms with Crippen molar-refractivity contribution in [2.45, 2.75) is 25.4 Å². The van der Waals surface area contributed by atoms with E-state index >= 15 is 0 Å². The summed E-state index contributed by atoms with van der Waals surface area (Å²) in [4.78, 5) is 19.7. The molecule has 0 bridgehead atoms. The van der Waals surface area contributed by atoms with Crippen LogP contribution in [0.3, 0.4) is 0 Å². The van der Waals surface area contributed by atoms with Gasteiger partial charge in [0.1, 0.15) is 0 Å². The predicted octanol–water partition coefficient (Wildman–Crippen LogP) is 1.31. The number of carboxylic acids is 1. The molecule has 1 unspecified atom stereocenters. The summed E-state index contributed by atoms with van der Waals surface area (Å²) in [6.45, 7) is 2.96. The Balaban J connectivity index is 1.98. The average molecular weight is 263 g/mol. The molecule has 1 aliphatic rings. The lowest BCUT2D eigenvalue weighted by atomic mass is 10.2. The van der Waals surface area contributed by atoms with Crippen LogP contribution < -0.4 is 0 Å². The molecule has 5 heteroatoms. The number of carboxylic acid groups (broad SMARTS) is 1. The maximum atomic E-state index is 10.8. The summed E-state index contributed by atoms with van der Waals surface area (Å²) in [6.07, 6.45) is 3.89. The molecule has 2 heterocycles. The average Bonchev–Trinajstić information content (AvgIpc) is 2.76. The van der Waals surface area contributed by atoms with Gasteiger partial charge in [-0.25, -0.2) is 4.79 Å². The zero-order valence-electron chi connectivity index (χ0n) is 11.5. The largest absolute Gasteiger partial charge is 0.478 e. The van der Waals surface area contributed by atoms with Crippen LogP contribution >= 0.6 is 0 Å². The second-order valence-electron chi connectivity index (χ2n) is 5.37. The first-order valence-electron chi connectivity index (χ1n) is 6.63. The number of nitrogens with zero attached hydrogens (tertiary/aromatic N) is 3. The molecule has 0 aliphatic carbocycles. The van der Waals surface area contributed by atoms with Crippen LogP contribution in [0.2, 0.25) is 0 Å². The Kier molecular flexibility index (Phi) is 4.50. The Labute approximate surface area is 113 Å². The Bertz CT molecular complexity index is 431. The van der Waals surface area contributed by atoms with Crippen LogP contribution in [-0.2, 0) is 6.54 Å². The number of carbonyl (C=O) groups is 1. The molecule has 1 saturated heterocycles. The number of rotatable bonds is 5. The Morgan fingerprint density at radius 2 is 2.32 bits per heavy atom. The Hall–Kier alpha value is -1.46. The lowest BCUT2D eigenvalue weighted by Crippen LogP contribution is -2.37. The summed E-state index contributed by atoms with van der Waals surface area (Å²) in [7, 11) is 4.19. The number of likely N-dealkylation sites (tertiary alicyclic amines) is 1. The van der Waals surface area contributed by atoms with Crippen LogP contribution in [0, 0.1) is 0 Å². The van der Waals surface area contributed by atoms with Gasteiger partial charge in [0.25, 0.3) is 0 Å². The van der Waals surface area contributed by atoms with Crippen molar-refractivity contribution in [1.29, 1.82) is 0 Å². The first-order valence-corrected chi connectivity index (χ1v) is 6.63. The monoisotopic (exact) mass is 263 g/mol. The van der Waals surface area contributed by atoms with E-state index in [1.54, 1.807) is 6.07 Å². The SMILES string of the molecule is CN(C)CC1CCCN1Cc1ccc(C(=O)O)cn1. The van der Waals surface area contributed by atoms with Crippen molar-refractivity contribution < 1.29 is 9.90 Å². The van der Waals surface area contributed by atoms with Crippen molar-refractivity contribution in [3.8, 4) is 0 Å². The molecule has 1 aromatic heterocycles. The zero-order chi connectivity index (χ0) is 13.8. The minimum absolute atomic E-state index is 0.245. The molecule has 104 valence electrons. The zero-order valence-corrected chi connectivity index (χ0v) is 11.5. The van der Waals surface area contributed by atoms with E-state index in [1.165, 1.54) is 19.0 Å². The maximum Gasteiger partial charge on any atom is 0.337 e. The van der Waals surface area contributed by atoms with E-state index < -0.39 is 5.97 Å².